The Labute approximate surface area is 231 Å². The van der Waals surface area contributed by atoms with Crippen LogP contribution in [0.2, 0.25) is 0 Å². The second-order valence-electron chi connectivity index (χ2n) is 10.4. The van der Waals surface area contributed by atoms with Crippen molar-refractivity contribution < 1.29 is 45.4 Å². The average molecular weight is 595 g/mol. The van der Waals surface area contributed by atoms with Crippen LogP contribution in [0.3, 0.4) is 0 Å². The summed E-state index contributed by atoms with van der Waals surface area (Å²) in [5, 5.41) is 22.3. The molecule has 13 heteroatoms. The van der Waals surface area contributed by atoms with E-state index < -0.39 is 62.4 Å². The highest BCUT2D eigenvalue weighted by atomic mass is 32.2. The van der Waals surface area contributed by atoms with Crippen LogP contribution < -0.4 is 5.32 Å². The number of benzene rings is 2. The van der Waals surface area contributed by atoms with Gasteiger partial charge in [0.25, 0.3) is 0 Å². The second kappa shape index (κ2) is 13.8. The highest BCUT2D eigenvalue weighted by Crippen LogP contribution is 2.33. The van der Waals surface area contributed by atoms with Crippen LogP contribution in [-0.2, 0) is 33.8 Å². The van der Waals surface area contributed by atoms with Crippen LogP contribution in [0.5, 0.6) is 0 Å². The number of β-amino-alcohol motifs (C(OH)–C–C–N with tert-alkyl or cyclic N) is 1. The van der Waals surface area contributed by atoms with Gasteiger partial charge in [-0.3, -0.25) is 4.79 Å². The van der Waals surface area contributed by atoms with Crippen molar-refractivity contribution in [3.05, 3.63) is 64.7 Å². The van der Waals surface area contributed by atoms with Crippen molar-refractivity contribution in [2.75, 3.05) is 20.1 Å². The lowest BCUT2D eigenvalue weighted by molar-refractivity contribution is -0.138. The fourth-order valence-electron chi connectivity index (χ4n) is 4.16. The minimum atomic E-state index is -4.82. The first-order chi connectivity index (χ1) is 18.4. The Morgan fingerprint density at radius 2 is 1.68 bits per heavy atom. The second-order valence-corrected chi connectivity index (χ2v) is 12.4. The number of likely N-dealkylation sites (N-methyl/N-ethyl adjacent to an activating group) is 1. The Hall–Kier alpha value is -2.61. The number of hydrogen-bond acceptors (Lipinski definition) is 5. The summed E-state index contributed by atoms with van der Waals surface area (Å²) in [6, 6.07) is 6.04. The number of halogens is 5. The van der Waals surface area contributed by atoms with E-state index in [-0.39, 0.29) is 43.4 Å². The number of aryl methyl sites for hydroxylation is 1. The molecule has 0 aliphatic rings. The molecule has 3 N–H and O–H groups in total. The molecule has 40 heavy (non-hydrogen) atoms. The highest BCUT2D eigenvalue weighted by molar-refractivity contribution is 7.89. The van der Waals surface area contributed by atoms with E-state index in [1.165, 1.54) is 18.2 Å². The van der Waals surface area contributed by atoms with Crippen LogP contribution in [-0.4, -0.2) is 60.7 Å². The molecule has 1 unspecified atom stereocenters. The third-order valence-electron chi connectivity index (χ3n) is 6.43. The molecule has 0 aliphatic heterocycles. The summed E-state index contributed by atoms with van der Waals surface area (Å²) < 4.78 is 94.9. The first-order valence-corrected chi connectivity index (χ1v) is 14.1. The summed E-state index contributed by atoms with van der Waals surface area (Å²) in [5.74, 6) is -2.37. The molecule has 0 saturated heterocycles. The quantitative estimate of drug-likeness (QED) is 0.257. The zero-order valence-corrected chi connectivity index (χ0v) is 23.4. The Morgan fingerprint density at radius 1 is 1.05 bits per heavy atom. The molecule has 1 atom stereocenters. The molecule has 0 aromatic heterocycles. The van der Waals surface area contributed by atoms with E-state index >= 15 is 0 Å². The Balaban J connectivity index is 2.02. The van der Waals surface area contributed by atoms with E-state index in [1.807, 2.05) is 13.8 Å². The van der Waals surface area contributed by atoms with Gasteiger partial charge in [0.2, 0.25) is 10.0 Å². The zero-order chi connectivity index (χ0) is 30.3. The van der Waals surface area contributed by atoms with E-state index in [9.17, 15) is 40.3 Å². The summed E-state index contributed by atoms with van der Waals surface area (Å²) in [4.78, 5) is 10.1. The molecule has 2 aromatic carbocycles. The van der Waals surface area contributed by atoms with E-state index in [1.54, 1.807) is 0 Å². The SMILES string of the molecule is CN(CC(O)CNC(C)(C)CCCc1c(F)cccc1F)S(=O)(=O)c1cc(CCCC(=O)O)cc(C(F)(F)F)c1. The predicted molar refractivity (Wildman–Crippen MR) is 139 cm³/mol. The average Bonchev–Trinajstić information content (AvgIpc) is 2.83. The first-order valence-electron chi connectivity index (χ1n) is 12.7. The van der Waals surface area contributed by atoms with Crippen LogP contribution in [0.1, 0.15) is 56.2 Å². The van der Waals surface area contributed by atoms with Gasteiger partial charge in [-0.15, -0.1) is 0 Å². The molecule has 2 aromatic rings. The van der Waals surface area contributed by atoms with Gasteiger partial charge >= 0.3 is 12.1 Å². The van der Waals surface area contributed by atoms with Crippen LogP contribution in [0, 0.1) is 11.6 Å². The molecule has 7 nitrogen and oxygen atoms in total. The number of aliphatic hydroxyl groups excluding tert-OH is 1. The van der Waals surface area contributed by atoms with Crippen molar-refractivity contribution in [3.63, 3.8) is 0 Å². The normalized spacial score (nSPS) is 13.6. The van der Waals surface area contributed by atoms with Crippen LogP contribution in [0.25, 0.3) is 0 Å². The van der Waals surface area contributed by atoms with E-state index in [2.05, 4.69) is 5.32 Å². The first kappa shape index (κ1) is 33.6. The van der Waals surface area contributed by atoms with Gasteiger partial charge in [0.1, 0.15) is 11.6 Å². The van der Waals surface area contributed by atoms with Crippen molar-refractivity contribution in [1.82, 2.24) is 9.62 Å². The topological polar surface area (TPSA) is 107 Å². The Morgan fingerprint density at radius 3 is 2.25 bits per heavy atom. The van der Waals surface area contributed by atoms with Crippen LogP contribution in [0.4, 0.5) is 22.0 Å². The molecule has 224 valence electrons. The van der Waals surface area contributed by atoms with Crippen molar-refractivity contribution >= 4 is 16.0 Å². The maximum absolute atomic E-state index is 13.8. The largest absolute Gasteiger partial charge is 0.481 e. The Bertz CT molecular complexity index is 1250. The van der Waals surface area contributed by atoms with Gasteiger partial charge in [-0.2, -0.15) is 17.5 Å². The molecule has 0 radical (unpaired) electrons. The van der Waals surface area contributed by atoms with Gasteiger partial charge in [0.05, 0.1) is 16.6 Å². The smallest absolute Gasteiger partial charge is 0.416 e. The maximum atomic E-state index is 13.8. The number of carboxylic acids is 1. The number of aliphatic carboxylic acids is 1. The fraction of sp³-hybridized carbons (Fsp3) is 0.519. The molecule has 0 fully saturated rings. The van der Waals surface area contributed by atoms with Crippen LogP contribution in [0.15, 0.2) is 41.3 Å². The fourth-order valence-corrected chi connectivity index (χ4v) is 5.47. The number of sulfonamides is 1. The number of carbonyl (C=O) groups is 1. The minimum Gasteiger partial charge on any atom is -0.481 e. The molecule has 0 aliphatic carbocycles. The number of nitrogens with zero attached hydrogens (tertiary/aromatic N) is 1. The van der Waals surface area contributed by atoms with Crippen molar-refractivity contribution in [2.45, 2.75) is 75.1 Å². The predicted octanol–water partition coefficient (Wildman–Crippen LogP) is 4.76. The van der Waals surface area contributed by atoms with E-state index in [4.69, 9.17) is 5.11 Å². The zero-order valence-electron chi connectivity index (χ0n) is 22.6. The highest BCUT2D eigenvalue weighted by Gasteiger charge is 2.34. The van der Waals surface area contributed by atoms with Gasteiger partial charge < -0.3 is 15.5 Å². The molecule has 2 rings (SSSR count). The third-order valence-corrected chi connectivity index (χ3v) is 8.23. The number of aliphatic hydroxyl groups is 1. The van der Waals surface area contributed by atoms with Crippen molar-refractivity contribution in [2.24, 2.45) is 0 Å². The summed E-state index contributed by atoms with van der Waals surface area (Å²) in [6.45, 7) is 3.15. The summed E-state index contributed by atoms with van der Waals surface area (Å²) in [6.07, 6.45) is -5.27. The number of nitrogens with one attached hydrogen (secondary N) is 1. The summed E-state index contributed by atoms with van der Waals surface area (Å²) >= 11 is 0. The number of rotatable bonds is 15. The lowest BCUT2D eigenvalue weighted by Gasteiger charge is -2.29. The lowest BCUT2D eigenvalue weighted by atomic mass is 9.95. The maximum Gasteiger partial charge on any atom is 0.416 e. The summed E-state index contributed by atoms with van der Waals surface area (Å²) in [7, 11) is -3.29. The molecular formula is C27H35F5N2O5S. The molecule has 0 heterocycles. The molecule has 0 spiro atoms. The minimum absolute atomic E-state index is 0.00944. The van der Waals surface area contributed by atoms with Gasteiger partial charge in [0, 0.05) is 37.7 Å². The van der Waals surface area contributed by atoms with Gasteiger partial charge in [-0.05, 0) is 81.8 Å². The monoisotopic (exact) mass is 594 g/mol. The third kappa shape index (κ3) is 10.1. The number of hydrogen-bond donors (Lipinski definition) is 3. The van der Waals surface area contributed by atoms with Gasteiger partial charge in [0.15, 0.2) is 0 Å². The molecule has 0 amide bonds. The number of carboxylic acid groups (broad SMARTS) is 1. The molecule has 0 bridgehead atoms. The standard InChI is InChI=1S/C27H35F5N2O5S/c1-26(2,12-6-8-22-23(28)9-5-10-24(22)29)33-16-20(35)17-34(3)40(38,39)21-14-18(7-4-11-25(36)37)13-19(15-21)27(30,31)32/h5,9-10,13-15,20,33,35H,4,6-8,11-12,16-17H2,1-3H3,(H,36,37). The van der Waals surface area contributed by atoms with Gasteiger partial charge in [-0.1, -0.05) is 6.07 Å². The van der Waals surface area contributed by atoms with E-state index in [0.29, 0.717) is 18.9 Å². The molecule has 0 saturated carbocycles. The Kier molecular flexibility index (Phi) is 11.6. The van der Waals surface area contributed by atoms with Gasteiger partial charge in [-0.25, -0.2) is 17.2 Å². The lowest BCUT2D eigenvalue weighted by Crippen LogP contribution is -2.46. The van der Waals surface area contributed by atoms with Crippen molar-refractivity contribution in [1.29, 1.82) is 0 Å². The number of alkyl halides is 3. The summed E-state index contributed by atoms with van der Waals surface area (Å²) in [5.41, 5.74) is -1.73. The van der Waals surface area contributed by atoms with Crippen molar-refractivity contribution in [3.8, 4) is 0 Å². The van der Waals surface area contributed by atoms with E-state index in [0.717, 1.165) is 23.5 Å². The van der Waals surface area contributed by atoms with Crippen LogP contribution >= 0.6 is 0 Å². The molecular weight excluding hydrogens is 559 g/mol.